The van der Waals surface area contributed by atoms with Gasteiger partial charge in [0, 0.05) is 29.4 Å². The van der Waals surface area contributed by atoms with Gasteiger partial charge < -0.3 is 15.8 Å². The van der Waals surface area contributed by atoms with Crippen molar-refractivity contribution < 1.29 is 22.3 Å². The standard InChI is InChI=1S/C29H32FN5O4S/c1-17-25(8-5-18(28(17)30)11-27(36)34-20-15-33-35(16-20)29(2,3)4)39-26-9-10-32-24-7-6-21(14-23(24)26)40(37,38)22-12-19(31)13-22/h5-10,14-16,19,22H,11-13,31H2,1-4H3,(H,34,36). The molecule has 0 aliphatic heterocycles. The Labute approximate surface area is 232 Å². The lowest BCUT2D eigenvalue weighted by atomic mass is 9.93. The normalized spacial score (nSPS) is 17.4. The average molecular weight is 566 g/mol. The van der Waals surface area contributed by atoms with Crippen LogP contribution >= 0.6 is 0 Å². The van der Waals surface area contributed by atoms with E-state index in [0.717, 1.165) is 0 Å². The van der Waals surface area contributed by atoms with E-state index in [2.05, 4.69) is 15.4 Å². The number of fused-ring (bicyclic) bond motifs is 1. The molecule has 2 aromatic carbocycles. The van der Waals surface area contributed by atoms with Crippen molar-refractivity contribution in [2.45, 2.75) is 68.7 Å². The summed E-state index contributed by atoms with van der Waals surface area (Å²) in [6.45, 7) is 7.55. The third-order valence-electron chi connectivity index (χ3n) is 7.11. The molecular formula is C29H32FN5O4S. The highest BCUT2D eigenvalue weighted by atomic mass is 32.2. The van der Waals surface area contributed by atoms with Crippen molar-refractivity contribution in [3.63, 3.8) is 0 Å². The maximum Gasteiger partial charge on any atom is 0.228 e. The van der Waals surface area contributed by atoms with Gasteiger partial charge in [0.05, 0.1) is 39.5 Å². The second-order valence-electron chi connectivity index (χ2n) is 11.2. The molecule has 11 heteroatoms. The largest absolute Gasteiger partial charge is 0.456 e. The Kier molecular flexibility index (Phi) is 7.13. The van der Waals surface area contributed by atoms with Crippen molar-refractivity contribution in [2.75, 3.05) is 5.32 Å². The van der Waals surface area contributed by atoms with Gasteiger partial charge in [-0.15, -0.1) is 0 Å². The third kappa shape index (κ3) is 5.44. The number of ether oxygens (including phenoxy) is 1. The molecule has 9 nitrogen and oxygen atoms in total. The molecule has 210 valence electrons. The Hall–Kier alpha value is -3.83. The molecular weight excluding hydrogens is 533 g/mol. The number of nitrogens with two attached hydrogens (primary N) is 1. The van der Waals surface area contributed by atoms with E-state index in [0.29, 0.717) is 35.2 Å². The highest BCUT2D eigenvalue weighted by Gasteiger charge is 2.37. The lowest BCUT2D eigenvalue weighted by Gasteiger charge is -2.31. The van der Waals surface area contributed by atoms with Crippen LogP contribution in [0.15, 0.2) is 59.9 Å². The van der Waals surface area contributed by atoms with Crippen LogP contribution in [-0.4, -0.2) is 40.4 Å². The zero-order valence-corrected chi connectivity index (χ0v) is 23.6. The van der Waals surface area contributed by atoms with Crippen molar-refractivity contribution in [3.8, 4) is 11.5 Å². The summed E-state index contributed by atoms with van der Waals surface area (Å²) in [7, 11) is -3.54. The highest BCUT2D eigenvalue weighted by Crippen LogP contribution is 2.36. The van der Waals surface area contributed by atoms with Gasteiger partial charge >= 0.3 is 0 Å². The summed E-state index contributed by atoms with van der Waals surface area (Å²) in [6.07, 6.45) is 5.52. The molecule has 1 aliphatic rings. The van der Waals surface area contributed by atoms with E-state index in [-0.39, 0.29) is 45.7 Å². The first kappa shape index (κ1) is 27.7. The van der Waals surface area contributed by atoms with Crippen LogP contribution in [0.3, 0.4) is 0 Å². The highest BCUT2D eigenvalue weighted by molar-refractivity contribution is 7.92. The van der Waals surface area contributed by atoms with Gasteiger partial charge in [-0.1, -0.05) is 6.07 Å². The van der Waals surface area contributed by atoms with E-state index in [1.165, 1.54) is 12.1 Å². The summed E-state index contributed by atoms with van der Waals surface area (Å²) >= 11 is 0. The van der Waals surface area contributed by atoms with Gasteiger partial charge in [-0.05, 0) is 76.4 Å². The van der Waals surface area contributed by atoms with Crippen LogP contribution in [0.25, 0.3) is 10.9 Å². The number of hydrogen-bond acceptors (Lipinski definition) is 7. The van der Waals surface area contributed by atoms with Crippen LogP contribution in [-0.2, 0) is 26.6 Å². The van der Waals surface area contributed by atoms with E-state index in [9.17, 15) is 13.2 Å². The van der Waals surface area contributed by atoms with Gasteiger partial charge in [0.2, 0.25) is 5.91 Å². The molecule has 0 radical (unpaired) electrons. The number of nitrogens with zero attached hydrogens (tertiary/aromatic N) is 3. The predicted octanol–water partition coefficient (Wildman–Crippen LogP) is 4.87. The van der Waals surface area contributed by atoms with E-state index in [1.807, 2.05) is 20.8 Å². The topological polar surface area (TPSA) is 129 Å². The van der Waals surface area contributed by atoms with Gasteiger partial charge in [-0.2, -0.15) is 5.10 Å². The number of carbonyl (C=O) groups is 1. The van der Waals surface area contributed by atoms with E-state index >= 15 is 4.39 Å². The molecule has 40 heavy (non-hydrogen) atoms. The first-order chi connectivity index (χ1) is 18.8. The van der Waals surface area contributed by atoms with Crippen LogP contribution in [0.4, 0.5) is 10.1 Å². The smallest absolute Gasteiger partial charge is 0.228 e. The molecule has 1 saturated carbocycles. The number of sulfone groups is 1. The summed E-state index contributed by atoms with van der Waals surface area (Å²) in [5.41, 5.74) is 7.09. The van der Waals surface area contributed by atoms with Crippen molar-refractivity contribution in [1.82, 2.24) is 14.8 Å². The Morgan fingerprint density at radius 2 is 1.93 bits per heavy atom. The monoisotopic (exact) mass is 565 g/mol. The van der Waals surface area contributed by atoms with E-state index in [1.54, 1.807) is 54.5 Å². The number of halogens is 1. The summed E-state index contributed by atoms with van der Waals surface area (Å²) in [5, 5.41) is 7.00. The summed E-state index contributed by atoms with van der Waals surface area (Å²) in [5.74, 6) is -0.335. The van der Waals surface area contributed by atoms with Crippen LogP contribution in [0.2, 0.25) is 0 Å². The Morgan fingerprint density at radius 1 is 1.18 bits per heavy atom. The fraction of sp³-hybridized carbons (Fsp3) is 0.345. The molecule has 4 aromatic rings. The maximum absolute atomic E-state index is 15.3. The Bertz CT molecular complexity index is 1710. The molecule has 3 N–H and O–H groups in total. The average Bonchev–Trinajstić information content (AvgIpc) is 3.35. The van der Waals surface area contributed by atoms with Crippen molar-refractivity contribution >= 4 is 32.3 Å². The SMILES string of the molecule is Cc1c(Oc2ccnc3ccc(S(=O)(=O)C4CC(N)C4)cc23)ccc(CC(=O)Nc2cnn(C(C)(C)C)c2)c1F. The fourth-order valence-corrected chi connectivity index (χ4v) is 6.57. The summed E-state index contributed by atoms with van der Waals surface area (Å²) in [4.78, 5) is 17.1. The van der Waals surface area contributed by atoms with Gasteiger partial charge in [0.1, 0.15) is 17.3 Å². The molecule has 0 spiro atoms. The lowest BCUT2D eigenvalue weighted by Crippen LogP contribution is -2.44. The number of pyridine rings is 1. The quantitative estimate of drug-likeness (QED) is 0.327. The molecule has 1 fully saturated rings. The summed E-state index contributed by atoms with van der Waals surface area (Å²) in [6, 6.07) is 9.33. The minimum absolute atomic E-state index is 0.0971. The van der Waals surface area contributed by atoms with Crippen molar-refractivity contribution in [2.24, 2.45) is 5.73 Å². The Morgan fingerprint density at radius 3 is 2.60 bits per heavy atom. The number of carbonyl (C=O) groups excluding carboxylic acids is 1. The summed E-state index contributed by atoms with van der Waals surface area (Å²) < 4.78 is 49.3. The minimum Gasteiger partial charge on any atom is -0.456 e. The number of amides is 1. The van der Waals surface area contributed by atoms with E-state index < -0.39 is 20.9 Å². The number of aromatic nitrogens is 3. The maximum atomic E-state index is 15.3. The second-order valence-corrected chi connectivity index (χ2v) is 13.4. The fourth-order valence-electron chi connectivity index (χ4n) is 4.64. The molecule has 0 bridgehead atoms. The molecule has 0 saturated heterocycles. The van der Waals surface area contributed by atoms with Crippen LogP contribution in [0.1, 0.15) is 44.7 Å². The molecule has 2 heterocycles. The first-order valence-electron chi connectivity index (χ1n) is 13.0. The van der Waals surface area contributed by atoms with Crippen molar-refractivity contribution in [3.05, 3.63) is 71.9 Å². The second kappa shape index (κ2) is 10.3. The molecule has 5 rings (SSSR count). The minimum atomic E-state index is -3.54. The van der Waals surface area contributed by atoms with Gasteiger partial charge in [-0.25, -0.2) is 12.8 Å². The van der Waals surface area contributed by atoms with Crippen molar-refractivity contribution in [1.29, 1.82) is 0 Å². The number of benzene rings is 2. The van der Waals surface area contributed by atoms with Crippen LogP contribution in [0.5, 0.6) is 11.5 Å². The Balaban J connectivity index is 1.35. The van der Waals surface area contributed by atoms with Crippen LogP contribution < -0.4 is 15.8 Å². The van der Waals surface area contributed by atoms with Gasteiger partial charge in [-0.3, -0.25) is 14.5 Å². The molecule has 1 aliphatic carbocycles. The van der Waals surface area contributed by atoms with Gasteiger partial charge in [0.15, 0.2) is 9.84 Å². The number of rotatable bonds is 7. The number of anilines is 1. The lowest BCUT2D eigenvalue weighted by molar-refractivity contribution is -0.115. The zero-order chi connectivity index (χ0) is 28.8. The molecule has 1 amide bonds. The van der Waals surface area contributed by atoms with Gasteiger partial charge in [0.25, 0.3) is 0 Å². The van der Waals surface area contributed by atoms with E-state index in [4.69, 9.17) is 10.5 Å². The number of hydrogen-bond donors (Lipinski definition) is 2. The molecule has 0 unspecified atom stereocenters. The molecule has 0 atom stereocenters. The van der Waals surface area contributed by atoms with Crippen LogP contribution in [0, 0.1) is 12.7 Å². The predicted molar refractivity (Wildman–Crippen MR) is 151 cm³/mol. The number of nitrogens with one attached hydrogen (secondary N) is 1. The molecule has 2 aromatic heterocycles. The first-order valence-corrected chi connectivity index (χ1v) is 14.6. The zero-order valence-electron chi connectivity index (χ0n) is 22.8. The third-order valence-corrected chi connectivity index (χ3v) is 9.29.